The van der Waals surface area contributed by atoms with Crippen molar-refractivity contribution in [1.82, 2.24) is 0 Å². The van der Waals surface area contributed by atoms with Crippen LogP contribution in [0.5, 0.6) is 0 Å². The van der Waals surface area contributed by atoms with Crippen LogP contribution in [0.1, 0.15) is 33.1 Å². The molecule has 0 heterocycles. The minimum Gasteiger partial charge on any atom is -0.382 e. The molecule has 1 aromatic carbocycles. The Balaban J connectivity index is 2.71. The summed E-state index contributed by atoms with van der Waals surface area (Å²) in [5, 5.41) is 2.99. The number of anilines is 1. The molecule has 0 bridgehead atoms. The summed E-state index contributed by atoms with van der Waals surface area (Å²) in [5.41, 5.74) is 0.443. The number of hydrogen-bond donors (Lipinski definition) is 1. The molecule has 1 rings (SSSR count). The first kappa shape index (κ1) is 17.8. The predicted molar refractivity (Wildman–Crippen MR) is 77.2 cm³/mol. The maximum atomic E-state index is 12.1. The van der Waals surface area contributed by atoms with E-state index in [9.17, 15) is 21.6 Å². The SMILES string of the molecule is CCS(=O)(=O)c1ccccc1NC(C)CCCC(F)(F)F. The van der Waals surface area contributed by atoms with Crippen molar-refractivity contribution in [3.63, 3.8) is 0 Å². The molecule has 0 aliphatic carbocycles. The van der Waals surface area contributed by atoms with Crippen LogP contribution in [0.15, 0.2) is 29.2 Å². The molecule has 0 aromatic heterocycles. The number of benzene rings is 1. The molecule has 1 N–H and O–H groups in total. The molecule has 1 atom stereocenters. The molecule has 1 unspecified atom stereocenters. The number of halogens is 3. The van der Waals surface area contributed by atoms with E-state index in [1.807, 2.05) is 0 Å². The Hall–Kier alpha value is -1.24. The molecule has 0 amide bonds. The zero-order valence-corrected chi connectivity index (χ0v) is 12.9. The van der Waals surface area contributed by atoms with E-state index < -0.39 is 22.4 Å². The van der Waals surface area contributed by atoms with Crippen molar-refractivity contribution < 1.29 is 21.6 Å². The van der Waals surface area contributed by atoms with E-state index in [4.69, 9.17) is 0 Å². The minimum atomic E-state index is -4.15. The van der Waals surface area contributed by atoms with Gasteiger partial charge in [0.05, 0.1) is 16.3 Å². The molecule has 0 fully saturated rings. The van der Waals surface area contributed by atoms with Crippen LogP contribution in [-0.4, -0.2) is 26.4 Å². The first-order valence-corrected chi connectivity index (χ1v) is 8.46. The van der Waals surface area contributed by atoms with Gasteiger partial charge in [0.25, 0.3) is 0 Å². The number of sulfone groups is 1. The lowest BCUT2D eigenvalue weighted by molar-refractivity contribution is -0.135. The van der Waals surface area contributed by atoms with Crippen LogP contribution < -0.4 is 5.32 Å². The van der Waals surface area contributed by atoms with Gasteiger partial charge in [-0.05, 0) is 31.9 Å². The molecule has 120 valence electrons. The van der Waals surface area contributed by atoms with Crippen LogP contribution >= 0.6 is 0 Å². The number of nitrogens with one attached hydrogen (secondary N) is 1. The zero-order chi connectivity index (χ0) is 16.1. The highest BCUT2D eigenvalue weighted by molar-refractivity contribution is 7.91. The normalized spacial score (nSPS) is 14.0. The summed E-state index contributed by atoms with van der Waals surface area (Å²) in [6.07, 6.45) is -4.64. The fourth-order valence-corrected chi connectivity index (χ4v) is 3.02. The zero-order valence-electron chi connectivity index (χ0n) is 12.1. The summed E-state index contributed by atoms with van der Waals surface area (Å²) in [4.78, 5) is 0.190. The largest absolute Gasteiger partial charge is 0.389 e. The third kappa shape index (κ3) is 5.95. The molecule has 0 saturated carbocycles. The van der Waals surface area contributed by atoms with Crippen LogP contribution in [0.4, 0.5) is 18.9 Å². The molecular formula is C14H20F3NO2S. The van der Waals surface area contributed by atoms with Crippen molar-refractivity contribution in [2.75, 3.05) is 11.1 Å². The summed E-state index contributed by atoms with van der Waals surface area (Å²) in [7, 11) is -3.36. The number of hydrogen-bond acceptors (Lipinski definition) is 3. The van der Waals surface area contributed by atoms with E-state index >= 15 is 0 Å². The van der Waals surface area contributed by atoms with Crippen molar-refractivity contribution >= 4 is 15.5 Å². The van der Waals surface area contributed by atoms with Crippen molar-refractivity contribution in [3.05, 3.63) is 24.3 Å². The third-order valence-corrected chi connectivity index (χ3v) is 4.89. The quantitative estimate of drug-likeness (QED) is 0.824. The Labute approximate surface area is 123 Å². The average Bonchev–Trinajstić information content (AvgIpc) is 2.37. The average molecular weight is 323 g/mol. The molecule has 0 radical (unpaired) electrons. The summed E-state index contributed by atoms with van der Waals surface area (Å²) >= 11 is 0. The van der Waals surface area contributed by atoms with E-state index in [1.165, 1.54) is 6.07 Å². The molecule has 1 aromatic rings. The van der Waals surface area contributed by atoms with Gasteiger partial charge < -0.3 is 5.32 Å². The fraction of sp³-hybridized carbons (Fsp3) is 0.571. The molecular weight excluding hydrogens is 303 g/mol. The second-order valence-electron chi connectivity index (χ2n) is 4.95. The molecule has 0 spiro atoms. The van der Waals surface area contributed by atoms with E-state index in [-0.39, 0.29) is 23.1 Å². The van der Waals surface area contributed by atoms with Crippen molar-refractivity contribution in [3.8, 4) is 0 Å². The Morgan fingerprint density at radius 1 is 1.24 bits per heavy atom. The van der Waals surface area contributed by atoms with Gasteiger partial charge in [-0.15, -0.1) is 0 Å². The molecule has 0 aliphatic heterocycles. The van der Waals surface area contributed by atoms with Gasteiger partial charge in [-0.25, -0.2) is 8.42 Å². The van der Waals surface area contributed by atoms with Crippen LogP contribution in [0.3, 0.4) is 0 Å². The second kappa shape index (κ2) is 7.15. The molecule has 0 saturated heterocycles. The molecule has 21 heavy (non-hydrogen) atoms. The van der Waals surface area contributed by atoms with Gasteiger partial charge in [-0.2, -0.15) is 13.2 Å². The fourth-order valence-electron chi connectivity index (χ4n) is 1.96. The van der Waals surface area contributed by atoms with Gasteiger partial charge in [-0.3, -0.25) is 0 Å². The first-order valence-electron chi connectivity index (χ1n) is 6.81. The summed E-state index contributed by atoms with van der Waals surface area (Å²) < 4.78 is 60.2. The van der Waals surface area contributed by atoms with E-state index in [2.05, 4.69) is 5.32 Å². The van der Waals surface area contributed by atoms with Gasteiger partial charge in [0.1, 0.15) is 0 Å². The Bertz CT molecular complexity index is 556. The van der Waals surface area contributed by atoms with Crippen LogP contribution in [0.25, 0.3) is 0 Å². The molecule has 7 heteroatoms. The second-order valence-corrected chi connectivity index (χ2v) is 7.20. The summed E-state index contributed by atoms with van der Waals surface area (Å²) in [6.45, 7) is 3.30. The number of para-hydroxylation sites is 1. The lowest BCUT2D eigenvalue weighted by Crippen LogP contribution is -2.19. The highest BCUT2D eigenvalue weighted by atomic mass is 32.2. The Kier molecular flexibility index (Phi) is 6.07. The summed E-state index contributed by atoms with van der Waals surface area (Å²) in [5.74, 6) is -0.0197. The van der Waals surface area contributed by atoms with Crippen LogP contribution in [0.2, 0.25) is 0 Å². The van der Waals surface area contributed by atoms with Crippen LogP contribution in [0, 0.1) is 0 Å². The highest BCUT2D eigenvalue weighted by Crippen LogP contribution is 2.25. The van der Waals surface area contributed by atoms with Crippen molar-refractivity contribution in [1.29, 1.82) is 0 Å². The van der Waals surface area contributed by atoms with E-state index in [0.717, 1.165) is 0 Å². The highest BCUT2D eigenvalue weighted by Gasteiger charge is 2.26. The van der Waals surface area contributed by atoms with Crippen molar-refractivity contribution in [2.45, 2.75) is 50.2 Å². The summed E-state index contributed by atoms with van der Waals surface area (Å²) in [6, 6.07) is 6.22. The minimum absolute atomic E-state index is 0.0142. The molecule has 0 aliphatic rings. The molecule has 3 nitrogen and oxygen atoms in total. The first-order chi connectivity index (χ1) is 9.65. The van der Waals surface area contributed by atoms with Gasteiger partial charge in [0, 0.05) is 12.5 Å². The van der Waals surface area contributed by atoms with E-state index in [1.54, 1.807) is 32.0 Å². The van der Waals surface area contributed by atoms with Gasteiger partial charge in [0.15, 0.2) is 9.84 Å². The topological polar surface area (TPSA) is 46.2 Å². The number of alkyl halides is 3. The van der Waals surface area contributed by atoms with Crippen LogP contribution in [-0.2, 0) is 9.84 Å². The maximum Gasteiger partial charge on any atom is 0.389 e. The van der Waals surface area contributed by atoms with Gasteiger partial charge in [-0.1, -0.05) is 19.1 Å². The monoisotopic (exact) mass is 323 g/mol. The Morgan fingerprint density at radius 2 is 1.86 bits per heavy atom. The Morgan fingerprint density at radius 3 is 2.43 bits per heavy atom. The lowest BCUT2D eigenvalue weighted by atomic mass is 10.1. The third-order valence-electron chi connectivity index (χ3n) is 3.10. The maximum absolute atomic E-state index is 12.1. The van der Waals surface area contributed by atoms with Gasteiger partial charge >= 0.3 is 6.18 Å². The van der Waals surface area contributed by atoms with Gasteiger partial charge in [0.2, 0.25) is 0 Å². The lowest BCUT2D eigenvalue weighted by Gasteiger charge is -2.18. The predicted octanol–water partition coefficient (Wildman–Crippen LogP) is 4.01. The van der Waals surface area contributed by atoms with E-state index in [0.29, 0.717) is 12.1 Å². The standard InChI is InChI=1S/C14H20F3NO2S/c1-3-21(19,20)13-9-5-4-8-12(13)18-11(2)7-6-10-14(15,16)17/h4-5,8-9,11,18H,3,6-7,10H2,1-2H3. The van der Waals surface area contributed by atoms with Crippen molar-refractivity contribution in [2.24, 2.45) is 0 Å². The smallest absolute Gasteiger partial charge is 0.382 e. The number of rotatable bonds is 7.